The lowest BCUT2D eigenvalue weighted by molar-refractivity contribution is 0.102. The Hall–Kier alpha value is -2.36. The number of nitrogens with zero attached hydrogens (tertiary/aromatic N) is 3. The minimum Gasteiger partial charge on any atom is -0.493 e. The van der Waals surface area contributed by atoms with Crippen molar-refractivity contribution < 1.29 is 17.9 Å². The largest absolute Gasteiger partial charge is 0.493 e. The van der Waals surface area contributed by atoms with Gasteiger partial charge in [-0.3, -0.25) is 4.79 Å². The van der Waals surface area contributed by atoms with E-state index in [9.17, 15) is 13.2 Å². The van der Waals surface area contributed by atoms with Crippen LogP contribution in [0.1, 0.15) is 43.1 Å². The number of sulfonamides is 1. The normalized spacial score (nSPS) is 15.6. The molecule has 1 saturated heterocycles. The van der Waals surface area contributed by atoms with Crippen molar-refractivity contribution in [3.05, 3.63) is 41.6 Å². The Balaban J connectivity index is 1.90. The molecule has 2 heterocycles. The van der Waals surface area contributed by atoms with Gasteiger partial charge in [0, 0.05) is 38.9 Å². The van der Waals surface area contributed by atoms with Gasteiger partial charge in [-0.2, -0.15) is 4.31 Å². The maximum atomic E-state index is 13.3. The highest BCUT2D eigenvalue weighted by molar-refractivity contribution is 7.89. The molecule has 1 fully saturated rings. The van der Waals surface area contributed by atoms with Crippen LogP contribution in [0.2, 0.25) is 0 Å². The molecule has 0 bridgehead atoms. The van der Waals surface area contributed by atoms with Gasteiger partial charge in [0.1, 0.15) is 11.6 Å². The number of hydrogen-bond acceptors (Lipinski definition) is 5. The van der Waals surface area contributed by atoms with Crippen LogP contribution < -0.4 is 10.1 Å². The van der Waals surface area contributed by atoms with Gasteiger partial charge in [0.25, 0.3) is 5.91 Å². The fraction of sp³-hybridized carbons (Fsp3) is 0.522. The summed E-state index contributed by atoms with van der Waals surface area (Å²) in [6, 6.07) is 6.43. The molecule has 0 atom stereocenters. The number of nitrogens with one attached hydrogen (secondary N) is 1. The molecule has 1 aromatic carbocycles. The Bertz CT molecular complexity index is 1040. The van der Waals surface area contributed by atoms with Crippen LogP contribution in [0, 0.1) is 6.92 Å². The van der Waals surface area contributed by atoms with E-state index in [0.29, 0.717) is 44.4 Å². The van der Waals surface area contributed by atoms with E-state index in [-0.39, 0.29) is 10.5 Å². The Morgan fingerprint density at radius 3 is 2.44 bits per heavy atom. The second kappa shape index (κ2) is 10.5. The van der Waals surface area contributed by atoms with Gasteiger partial charge in [-0.15, -0.1) is 0 Å². The van der Waals surface area contributed by atoms with Crippen LogP contribution >= 0.6 is 0 Å². The number of benzene rings is 1. The molecule has 0 aliphatic carbocycles. The SMILES string of the molecule is CCCn1cc(C)cc1NC(=O)c1cc(S(=O)(=O)N2CCN(CC)CC2)ccc1OCC. The van der Waals surface area contributed by atoms with Crippen molar-refractivity contribution in [1.82, 2.24) is 13.8 Å². The average Bonchev–Trinajstić information content (AvgIpc) is 3.12. The molecule has 1 amide bonds. The molecule has 1 N–H and O–H groups in total. The molecule has 32 heavy (non-hydrogen) atoms. The van der Waals surface area contributed by atoms with E-state index >= 15 is 0 Å². The molecule has 1 aromatic heterocycles. The Morgan fingerprint density at radius 1 is 1.09 bits per heavy atom. The van der Waals surface area contributed by atoms with Crippen LogP contribution in [0.4, 0.5) is 5.82 Å². The van der Waals surface area contributed by atoms with Crippen molar-refractivity contribution in [1.29, 1.82) is 0 Å². The lowest BCUT2D eigenvalue weighted by Gasteiger charge is -2.33. The summed E-state index contributed by atoms with van der Waals surface area (Å²) in [4.78, 5) is 15.5. The number of anilines is 1. The highest BCUT2D eigenvalue weighted by Gasteiger charge is 2.29. The van der Waals surface area contributed by atoms with E-state index < -0.39 is 15.9 Å². The zero-order chi connectivity index (χ0) is 23.3. The van der Waals surface area contributed by atoms with Crippen molar-refractivity contribution >= 4 is 21.7 Å². The number of aromatic nitrogens is 1. The number of ether oxygens (including phenoxy) is 1. The van der Waals surface area contributed by atoms with Gasteiger partial charge in [-0.25, -0.2) is 8.42 Å². The van der Waals surface area contributed by atoms with Crippen molar-refractivity contribution in [2.75, 3.05) is 44.6 Å². The number of likely N-dealkylation sites (N-methyl/N-ethyl adjacent to an activating group) is 1. The van der Waals surface area contributed by atoms with Gasteiger partial charge in [-0.05, 0) is 56.6 Å². The number of hydrogen-bond donors (Lipinski definition) is 1. The zero-order valence-electron chi connectivity index (χ0n) is 19.4. The highest BCUT2D eigenvalue weighted by atomic mass is 32.2. The maximum Gasteiger partial charge on any atom is 0.260 e. The van der Waals surface area contributed by atoms with Crippen molar-refractivity contribution in [3.8, 4) is 5.75 Å². The second-order valence-corrected chi connectivity index (χ2v) is 9.92. The Morgan fingerprint density at radius 2 is 1.81 bits per heavy atom. The molecule has 3 rings (SSSR count). The van der Waals surface area contributed by atoms with E-state index in [1.807, 2.05) is 30.7 Å². The molecular formula is C23H34N4O4S. The number of carbonyl (C=O) groups excluding carboxylic acids is 1. The highest BCUT2D eigenvalue weighted by Crippen LogP contribution is 2.27. The fourth-order valence-corrected chi connectivity index (χ4v) is 5.38. The van der Waals surface area contributed by atoms with Gasteiger partial charge in [-0.1, -0.05) is 13.8 Å². The summed E-state index contributed by atoms with van der Waals surface area (Å²) < 4.78 is 35.6. The summed E-state index contributed by atoms with van der Waals surface area (Å²) >= 11 is 0. The summed E-state index contributed by atoms with van der Waals surface area (Å²) in [5.74, 6) is 0.655. The summed E-state index contributed by atoms with van der Waals surface area (Å²) in [5, 5.41) is 2.93. The first-order valence-corrected chi connectivity index (χ1v) is 12.7. The van der Waals surface area contributed by atoms with Gasteiger partial charge < -0.3 is 19.5 Å². The molecule has 0 spiro atoms. The fourth-order valence-electron chi connectivity index (χ4n) is 3.93. The summed E-state index contributed by atoms with van der Waals surface area (Å²) in [6.07, 6.45) is 2.92. The topological polar surface area (TPSA) is 83.9 Å². The van der Waals surface area contributed by atoms with Crippen molar-refractivity contribution in [3.63, 3.8) is 0 Å². The molecule has 0 saturated carbocycles. The van der Waals surface area contributed by atoms with E-state index in [4.69, 9.17) is 4.74 Å². The van der Waals surface area contributed by atoms with E-state index in [0.717, 1.165) is 25.1 Å². The molecule has 0 radical (unpaired) electrons. The zero-order valence-corrected chi connectivity index (χ0v) is 20.2. The van der Waals surface area contributed by atoms with Crippen molar-refractivity contribution in [2.24, 2.45) is 0 Å². The van der Waals surface area contributed by atoms with Crippen LogP contribution in [0.5, 0.6) is 5.75 Å². The first kappa shape index (κ1) is 24.3. The molecular weight excluding hydrogens is 428 g/mol. The number of piperazine rings is 1. The van der Waals surface area contributed by atoms with E-state index in [1.54, 1.807) is 6.07 Å². The lowest BCUT2D eigenvalue weighted by Crippen LogP contribution is -2.48. The van der Waals surface area contributed by atoms with Gasteiger partial charge >= 0.3 is 0 Å². The number of aryl methyl sites for hydroxylation is 2. The predicted octanol–water partition coefficient (Wildman–Crippen LogP) is 3.18. The van der Waals surface area contributed by atoms with Crippen LogP contribution in [0.3, 0.4) is 0 Å². The van der Waals surface area contributed by atoms with Crippen LogP contribution in [0.15, 0.2) is 35.4 Å². The third-order valence-electron chi connectivity index (χ3n) is 5.65. The first-order valence-electron chi connectivity index (χ1n) is 11.3. The lowest BCUT2D eigenvalue weighted by atomic mass is 10.2. The summed E-state index contributed by atoms with van der Waals surface area (Å²) in [5.41, 5.74) is 1.25. The first-order chi connectivity index (χ1) is 15.3. The summed E-state index contributed by atoms with van der Waals surface area (Å²) in [7, 11) is -3.70. The standard InChI is InChI=1S/C23H34N4O4S/c1-5-10-26-17-18(4)15-22(26)24-23(28)20-16-19(8-9-21(20)31-7-3)32(29,30)27-13-11-25(6-2)12-14-27/h8-9,15-17H,5-7,10-14H2,1-4H3,(H,24,28). The number of carbonyl (C=O) groups is 1. The van der Waals surface area contributed by atoms with Crippen LogP contribution in [0.25, 0.3) is 0 Å². The molecule has 1 aliphatic heterocycles. The van der Waals surface area contributed by atoms with E-state index in [2.05, 4.69) is 24.1 Å². The predicted molar refractivity (Wildman–Crippen MR) is 126 cm³/mol. The Labute approximate surface area is 191 Å². The summed E-state index contributed by atoms with van der Waals surface area (Å²) in [6.45, 7) is 12.3. The Kier molecular flexibility index (Phi) is 7.97. The smallest absolute Gasteiger partial charge is 0.260 e. The quantitative estimate of drug-likeness (QED) is 0.619. The molecule has 1 aliphatic rings. The molecule has 8 nitrogen and oxygen atoms in total. The average molecular weight is 463 g/mol. The van der Waals surface area contributed by atoms with Crippen LogP contribution in [-0.2, 0) is 16.6 Å². The van der Waals surface area contributed by atoms with Gasteiger partial charge in [0.2, 0.25) is 10.0 Å². The van der Waals surface area contributed by atoms with Gasteiger partial charge in [0.15, 0.2) is 0 Å². The number of rotatable bonds is 9. The maximum absolute atomic E-state index is 13.3. The third-order valence-corrected chi connectivity index (χ3v) is 7.55. The number of amides is 1. The van der Waals surface area contributed by atoms with Gasteiger partial charge in [0.05, 0.1) is 17.1 Å². The molecule has 9 heteroatoms. The molecule has 0 unspecified atom stereocenters. The van der Waals surface area contributed by atoms with E-state index in [1.165, 1.54) is 16.4 Å². The molecule has 2 aromatic rings. The molecule has 176 valence electrons. The monoisotopic (exact) mass is 462 g/mol. The minimum atomic E-state index is -3.70. The third kappa shape index (κ3) is 5.33. The van der Waals surface area contributed by atoms with Crippen LogP contribution in [-0.4, -0.2) is 67.4 Å². The van der Waals surface area contributed by atoms with Crippen molar-refractivity contribution in [2.45, 2.75) is 45.6 Å². The minimum absolute atomic E-state index is 0.108. The second-order valence-electron chi connectivity index (χ2n) is 7.98.